The van der Waals surface area contributed by atoms with Gasteiger partial charge in [-0.05, 0) is 18.8 Å². The molecule has 0 saturated carbocycles. The van der Waals surface area contributed by atoms with Gasteiger partial charge in [0.15, 0.2) is 0 Å². The zero-order valence-corrected chi connectivity index (χ0v) is 11.3. The molecular formula is C12H24N2O4. The van der Waals surface area contributed by atoms with Crippen LogP contribution in [-0.2, 0) is 14.3 Å². The van der Waals surface area contributed by atoms with Crippen LogP contribution in [-0.4, -0.2) is 42.8 Å². The maximum absolute atomic E-state index is 11.7. The maximum atomic E-state index is 11.7. The first kappa shape index (κ1) is 16.9. The van der Waals surface area contributed by atoms with Gasteiger partial charge < -0.3 is 20.9 Å². The van der Waals surface area contributed by atoms with E-state index in [-0.39, 0.29) is 5.92 Å². The van der Waals surface area contributed by atoms with Crippen molar-refractivity contribution >= 4 is 11.9 Å². The number of ether oxygens (including phenoxy) is 1. The number of rotatable bonds is 9. The first-order valence-corrected chi connectivity index (χ1v) is 6.21. The Labute approximate surface area is 108 Å². The summed E-state index contributed by atoms with van der Waals surface area (Å²) < 4.78 is 4.87. The molecule has 0 aliphatic rings. The van der Waals surface area contributed by atoms with E-state index < -0.39 is 24.0 Å². The maximum Gasteiger partial charge on any atom is 0.326 e. The normalized spacial score (nSPS) is 15.8. The highest BCUT2D eigenvalue weighted by Gasteiger charge is 2.27. The summed E-state index contributed by atoms with van der Waals surface area (Å²) >= 11 is 0. The lowest BCUT2D eigenvalue weighted by Crippen LogP contribution is -2.51. The molecule has 0 aromatic carbocycles. The second kappa shape index (κ2) is 8.88. The summed E-state index contributed by atoms with van der Waals surface area (Å²) in [5.41, 5.74) is 5.69. The van der Waals surface area contributed by atoms with Crippen LogP contribution >= 0.6 is 0 Å². The molecule has 3 unspecified atom stereocenters. The molecule has 0 aliphatic carbocycles. The highest BCUT2D eigenvalue weighted by Crippen LogP contribution is 2.08. The number of hydrogen-bond donors (Lipinski definition) is 3. The number of nitrogens with one attached hydrogen (secondary N) is 1. The molecule has 6 heteroatoms. The van der Waals surface area contributed by atoms with E-state index in [2.05, 4.69) is 5.32 Å². The Bertz CT molecular complexity index is 271. The highest BCUT2D eigenvalue weighted by molar-refractivity contribution is 5.86. The molecule has 0 aliphatic heterocycles. The number of hydrogen-bond acceptors (Lipinski definition) is 4. The zero-order valence-electron chi connectivity index (χ0n) is 11.3. The second-order valence-electron chi connectivity index (χ2n) is 4.45. The van der Waals surface area contributed by atoms with E-state index in [0.717, 1.165) is 0 Å². The predicted molar refractivity (Wildman–Crippen MR) is 68.1 cm³/mol. The highest BCUT2D eigenvalue weighted by atomic mass is 16.5. The van der Waals surface area contributed by atoms with E-state index in [0.29, 0.717) is 25.9 Å². The summed E-state index contributed by atoms with van der Waals surface area (Å²) in [7, 11) is 1.58. The number of carboxylic acid groups (broad SMARTS) is 1. The molecule has 0 aromatic heterocycles. The Morgan fingerprint density at radius 2 is 2.06 bits per heavy atom. The molecule has 0 fully saturated rings. The summed E-state index contributed by atoms with van der Waals surface area (Å²) in [4.78, 5) is 22.8. The van der Waals surface area contributed by atoms with Crippen LogP contribution in [0, 0.1) is 5.92 Å². The van der Waals surface area contributed by atoms with Crippen LogP contribution < -0.4 is 11.1 Å². The topological polar surface area (TPSA) is 102 Å². The summed E-state index contributed by atoms with van der Waals surface area (Å²) in [6.07, 6.45) is 1.83. The molecule has 3 atom stereocenters. The predicted octanol–water partition coefficient (Wildman–Crippen LogP) is 0.356. The molecule has 6 nitrogen and oxygen atoms in total. The van der Waals surface area contributed by atoms with Crippen molar-refractivity contribution in [2.75, 3.05) is 13.7 Å². The average molecular weight is 260 g/mol. The minimum atomic E-state index is -1.03. The van der Waals surface area contributed by atoms with E-state index in [1.165, 1.54) is 0 Å². The van der Waals surface area contributed by atoms with Gasteiger partial charge in [-0.1, -0.05) is 20.3 Å². The Morgan fingerprint density at radius 3 is 2.50 bits per heavy atom. The van der Waals surface area contributed by atoms with Crippen LogP contribution in [0.25, 0.3) is 0 Å². The van der Waals surface area contributed by atoms with Gasteiger partial charge in [-0.15, -0.1) is 0 Å². The number of aliphatic carboxylic acids is 1. The molecule has 18 heavy (non-hydrogen) atoms. The van der Waals surface area contributed by atoms with E-state index in [4.69, 9.17) is 15.6 Å². The molecule has 0 bridgehead atoms. The summed E-state index contributed by atoms with van der Waals surface area (Å²) in [6, 6.07) is -1.57. The van der Waals surface area contributed by atoms with Crippen molar-refractivity contribution in [2.24, 2.45) is 11.7 Å². The lowest BCUT2D eigenvalue weighted by Gasteiger charge is -2.22. The lowest BCUT2D eigenvalue weighted by molar-refractivity contribution is -0.143. The molecule has 0 saturated heterocycles. The fraction of sp³-hybridized carbons (Fsp3) is 0.833. The molecule has 0 radical (unpaired) electrons. The first-order valence-electron chi connectivity index (χ1n) is 6.21. The van der Waals surface area contributed by atoms with Gasteiger partial charge in [0.2, 0.25) is 5.91 Å². The minimum Gasteiger partial charge on any atom is -0.480 e. The fourth-order valence-electron chi connectivity index (χ4n) is 1.52. The van der Waals surface area contributed by atoms with Crippen molar-refractivity contribution in [3.63, 3.8) is 0 Å². The Kier molecular flexibility index (Phi) is 8.32. The van der Waals surface area contributed by atoms with E-state index >= 15 is 0 Å². The van der Waals surface area contributed by atoms with Gasteiger partial charge in [-0.3, -0.25) is 4.79 Å². The van der Waals surface area contributed by atoms with Crippen molar-refractivity contribution in [3.05, 3.63) is 0 Å². The van der Waals surface area contributed by atoms with Gasteiger partial charge in [-0.2, -0.15) is 0 Å². The summed E-state index contributed by atoms with van der Waals surface area (Å²) in [6.45, 7) is 4.20. The Balaban J connectivity index is 4.28. The SMILES string of the molecule is CCC(C)C(NC(=O)C(N)CCCOC)C(=O)O. The molecular weight excluding hydrogens is 236 g/mol. The second-order valence-corrected chi connectivity index (χ2v) is 4.45. The molecule has 1 amide bonds. The smallest absolute Gasteiger partial charge is 0.326 e. The average Bonchev–Trinajstić information content (AvgIpc) is 2.34. The van der Waals surface area contributed by atoms with Gasteiger partial charge in [0.1, 0.15) is 6.04 Å². The third-order valence-electron chi connectivity index (χ3n) is 2.98. The standard InChI is InChI=1S/C12H24N2O4/c1-4-8(2)10(12(16)17)14-11(15)9(13)6-5-7-18-3/h8-10H,4-7,13H2,1-3H3,(H,14,15)(H,16,17). The number of carbonyl (C=O) groups is 2. The van der Waals surface area contributed by atoms with Crippen molar-refractivity contribution in [3.8, 4) is 0 Å². The monoisotopic (exact) mass is 260 g/mol. The number of nitrogens with two attached hydrogens (primary N) is 1. The number of carboxylic acids is 1. The molecule has 4 N–H and O–H groups in total. The summed E-state index contributed by atoms with van der Waals surface area (Å²) in [5.74, 6) is -1.57. The van der Waals surface area contributed by atoms with Crippen molar-refractivity contribution in [1.82, 2.24) is 5.32 Å². The molecule has 0 aromatic rings. The van der Waals surface area contributed by atoms with Crippen molar-refractivity contribution in [1.29, 1.82) is 0 Å². The number of carbonyl (C=O) groups excluding carboxylic acids is 1. The molecule has 106 valence electrons. The van der Waals surface area contributed by atoms with E-state index in [9.17, 15) is 9.59 Å². The van der Waals surface area contributed by atoms with Crippen LogP contribution in [0.4, 0.5) is 0 Å². The van der Waals surface area contributed by atoms with Crippen LogP contribution in [0.5, 0.6) is 0 Å². The van der Waals surface area contributed by atoms with E-state index in [1.54, 1.807) is 14.0 Å². The Hall–Kier alpha value is -1.14. The summed E-state index contributed by atoms with van der Waals surface area (Å²) in [5, 5.41) is 11.5. The third-order valence-corrected chi connectivity index (χ3v) is 2.98. The van der Waals surface area contributed by atoms with Gasteiger partial charge in [0.25, 0.3) is 0 Å². The zero-order chi connectivity index (χ0) is 14.1. The van der Waals surface area contributed by atoms with Crippen LogP contribution in [0.2, 0.25) is 0 Å². The first-order chi connectivity index (χ1) is 8.43. The van der Waals surface area contributed by atoms with Gasteiger partial charge >= 0.3 is 5.97 Å². The van der Waals surface area contributed by atoms with Crippen LogP contribution in [0.1, 0.15) is 33.1 Å². The van der Waals surface area contributed by atoms with Crippen molar-refractivity contribution < 1.29 is 19.4 Å². The largest absolute Gasteiger partial charge is 0.480 e. The third kappa shape index (κ3) is 5.97. The lowest BCUT2D eigenvalue weighted by atomic mass is 9.98. The molecule has 0 rings (SSSR count). The van der Waals surface area contributed by atoms with Gasteiger partial charge in [-0.25, -0.2) is 4.79 Å². The molecule has 0 spiro atoms. The van der Waals surface area contributed by atoms with Gasteiger partial charge in [0.05, 0.1) is 6.04 Å². The van der Waals surface area contributed by atoms with E-state index in [1.807, 2.05) is 6.92 Å². The Morgan fingerprint density at radius 1 is 1.44 bits per heavy atom. The van der Waals surface area contributed by atoms with Crippen LogP contribution in [0.15, 0.2) is 0 Å². The minimum absolute atomic E-state index is 0.127. The number of methoxy groups -OCH3 is 1. The molecule has 0 heterocycles. The van der Waals surface area contributed by atoms with Crippen molar-refractivity contribution in [2.45, 2.75) is 45.2 Å². The van der Waals surface area contributed by atoms with Crippen LogP contribution in [0.3, 0.4) is 0 Å². The van der Waals surface area contributed by atoms with Gasteiger partial charge in [0, 0.05) is 13.7 Å². The quantitative estimate of drug-likeness (QED) is 0.519. The fourth-order valence-corrected chi connectivity index (χ4v) is 1.52. The number of amides is 1.